The van der Waals surface area contributed by atoms with Gasteiger partial charge in [-0.1, -0.05) is 28.1 Å². The Kier molecular flexibility index (Phi) is 4.49. The summed E-state index contributed by atoms with van der Waals surface area (Å²) in [7, 11) is 0. The molecular formula is C15H12BrF2NO. The van der Waals surface area contributed by atoms with E-state index in [2.05, 4.69) is 21.2 Å². The van der Waals surface area contributed by atoms with Gasteiger partial charge in [-0.05, 0) is 36.8 Å². The van der Waals surface area contributed by atoms with E-state index in [1.807, 2.05) is 13.0 Å². The van der Waals surface area contributed by atoms with Crippen LogP contribution in [0.2, 0.25) is 0 Å². The molecule has 0 atom stereocenters. The number of aryl methyl sites for hydroxylation is 1. The maximum atomic E-state index is 13.4. The van der Waals surface area contributed by atoms with Gasteiger partial charge in [0.2, 0.25) is 5.91 Å². The molecule has 0 saturated carbocycles. The van der Waals surface area contributed by atoms with Crippen LogP contribution in [-0.2, 0) is 11.2 Å². The first-order valence-corrected chi connectivity index (χ1v) is 6.75. The molecule has 0 radical (unpaired) electrons. The van der Waals surface area contributed by atoms with Crippen molar-refractivity contribution < 1.29 is 13.6 Å². The van der Waals surface area contributed by atoms with E-state index < -0.39 is 17.5 Å². The van der Waals surface area contributed by atoms with Crippen LogP contribution in [-0.4, -0.2) is 5.91 Å². The average molecular weight is 340 g/mol. The Labute approximate surface area is 123 Å². The summed E-state index contributed by atoms with van der Waals surface area (Å²) in [5.41, 5.74) is 1.38. The van der Waals surface area contributed by atoms with Crippen LogP contribution in [0.1, 0.15) is 11.1 Å². The van der Waals surface area contributed by atoms with Gasteiger partial charge in [0.05, 0.1) is 6.42 Å². The van der Waals surface area contributed by atoms with Gasteiger partial charge in [-0.3, -0.25) is 4.79 Å². The predicted octanol–water partition coefficient (Wildman–Crippen LogP) is 4.22. The van der Waals surface area contributed by atoms with Crippen LogP contribution >= 0.6 is 15.9 Å². The Balaban J connectivity index is 2.11. The van der Waals surface area contributed by atoms with E-state index in [1.54, 1.807) is 12.1 Å². The normalized spacial score (nSPS) is 10.4. The zero-order valence-corrected chi connectivity index (χ0v) is 12.3. The standard InChI is InChI=1S/C15H12BrF2NO/c1-9-5-6-10(7-12(9)16)19-15(20)8-11-13(17)3-2-4-14(11)18/h2-7H,8H2,1H3,(H,19,20). The fourth-order valence-corrected chi connectivity index (χ4v) is 2.12. The molecule has 20 heavy (non-hydrogen) atoms. The Bertz CT molecular complexity index is 638. The number of benzene rings is 2. The summed E-state index contributed by atoms with van der Waals surface area (Å²) in [6.07, 6.45) is -0.343. The lowest BCUT2D eigenvalue weighted by Crippen LogP contribution is -2.16. The van der Waals surface area contributed by atoms with Gasteiger partial charge in [-0.25, -0.2) is 8.78 Å². The van der Waals surface area contributed by atoms with Gasteiger partial charge in [-0.2, -0.15) is 0 Å². The second kappa shape index (κ2) is 6.13. The summed E-state index contributed by atoms with van der Waals surface area (Å²) >= 11 is 3.35. The van der Waals surface area contributed by atoms with Crippen LogP contribution in [0.15, 0.2) is 40.9 Å². The second-order valence-corrected chi connectivity index (χ2v) is 5.24. The maximum absolute atomic E-state index is 13.4. The van der Waals surface area contributed by atoms with Crippen LogP contribution in [0.25, 0.3) is 0 Å². The number of amides is 1. The number of anilines is 1. The molecule has 0 spiro atoms. The van der Waals surface area contributed by atoms with Crippen LogP contribution in [0, 0.1) is 18.6 Å². The van der Waals surface area contributed by atoms with E-state index in [-0.39, 0.29) is 12.0 Å². The molecule has 2 aromatic carbocycles. The molecule has 2 aromatic rings. The third-order valence-corrected chi connectivity index (χ3v) is 3.71. The van der Waals surface area contributed by atoms with Crippen molar-refractivity contribution >= 4 is 27.5 Å². The van der Waals surface area contributed by atoms with Gasteiger partial charge in [0, 0.05) is 15.7 Å². The van der Waals surface area contributed by atoms with Gasteiger partial charge < -0.3 is 5.32 Å². The highest BCUT2D eigenvalue weighted by Crippen LogP contribution is 2.21. The highest BCUT2D eigenvalue weighted by molar-refractivity contribution is 9.10. The fraction of sp³-hybridized carbons (Fsp3) is 0.133. The van der Waals surface area contributed by atoms with Crippen LogP contribution in [0.5, 0.6) is 0 Å². The van der Waals surface area contributed by atoms with E-state index in [1.165, 1.54) is 6.07 Å². The zero-order chi connectivity index (χ0) is 14.7. The van der Waals surface area contributed by atoms with Crippen molar-refractivity contribution in [3.05, 3.63) is 63.6 Å². The third-order valence-electron chi connectivity index (χ3n) is 2.85. The molecule has 0 aromatic heterocycles. The molecule has 2 nitrogen and oxygen atoms in total. The molecule has 1 N–H and O–H groups in total. The lowest BCUT2D eigenvalue weighted by atomic mass is 10.1. The SMILES string of the molecule is Cc1ccc(NC(=O)Cc2c(F)cccc2F)cc1Br. The van der Waals surface area contributed by atoms with Gasteiger partial charge in [0.25, 0.3) is 0 Å². The number of hydrogen-bond acceptors (Lipinski definition) is 1. The summed E-state index contributed by atoms with van der Waals surface area (Å²) in [5, 5.41) is 2.61. The molecular weight excluding hydrogens is 328 g/mol. The lowest BCUT2D eigenvalue weighted by Gasteiger charge is -2.08. The van der Waals surface area contributed by atoms with Gasteiger partial charge in [0.15, 0.2) is 0 Å². The van der Waals surface area contributed by atoms with Crippen molar-refractivity contribution in [2.75, 3.05) is 5.32 Å². The molecule has 0 aliphatic carbocycles. The van der Waals surface area contributed by atoms with Crippen molar-refractivity contribution in [3.63, 3.8) is 0 Å². The van der Waals surface area contributed by atoms with Gasteiger partial charge >= 0.3 is 0 Å². The molecule has 0 aliphatic heterocycles. The molecule has 0 saturated heterocycles. The lowest BCUT2D eigenvalue weighted by molar-refractivity contribution is -0.115. The summed E-state index contributed by atoms with van der Waals surface area (Å²) in [6.45, 7) is 1.92. The second-order valence-electron chi connectivity index (χ2n) is 4.39. The Hall–Kier alpha value is -1.75. The largest absolute Gasteiger partial charge is 0.326 e. The zero-order valence-electron chi connectivity index (χ0n) is 10.7. The molecule has 0 bridgehead atoms. The molecule has 1 amide bonds. The van der Waals surface area contributed by atoms with Gasteiger partial charge in [0.1, 0.15) is 11.6 Å². The number of halogens is 3. The maximum Gasteiger partial charge on any atom is 0.229 e. The first kappa shape index (κ1) is 14.7. The molecule has 5 heteroatoms. The molecule has 2 rings (SSSR count). The van der Waals surface area contributed by atoms with E-state index in [9.17, 15) is 13.6 Å². The Morgan fingerprint density at radius 3 is 2.45 bits per heavy atom. The molecule has 0 unspecified atom stereocenters. The van der Waals surface area contributed by atoms with Gasteiger partial charge in [-0.15, -0.1) is 0 Å². The number of nitrogens with one attached hydrogen (secondary N) is 1. The monoisotopic (exact) mass is 339 g/mol. The van der Waals surface area contributed by atoms with E-state index in [0.717, 1.165) is 22.2 Å². The topological polar surface area (TPSA) is 29.1 Å². The minimum Gasteiger partial charge on any atom is -0.326 e. The smallest absolute Gasteiger partial charge is 0.229 e. The minimum absolute atomic E-state index is 0.226. The van der Waals surface area contributed by atoms with E-state index >= 15 is 0 Å². The van der Waals surface area contributed by atoms with Crippen molar-refractivity contribution in [2.45, 2.75) is 13.3 Å². The molecule has 0 fully saturated rings. The number of rotatable bonds is 3. The molecule has 0 aliphatic rings. The highest BCUT2D eigenvalue weighted by Gasteiger charge is 2.13. The first-order valence-electron chi connectivity index (χ1n) is 5.96. The average Bonchev–Trinajstić information content (AvgIpc) is 2.38. The predicted molar refractivity (Wildman–Crippen MR) is 77.6 cm³/mol. The van der Waals surface area contributed by atoms with E-state index in [4.69, 9.17) is 0 Å². The van der Waals surface area contributed by atoms with E-state index in [0.29, 0.717) is 5.69 Å². The Morgan fingerprint density at radius 1 is 1.20 bits per heavy atom. The number of carbonyl (C=O) groups is 1. The summed E-state index contributed by atoms with van der Waals surface area (Å²) < 4.78 is 27.7. The third kappa shape index (κ3) is 3.42. The van der Waals surface area contributed by atoms with Crippen LogP contribution < -0.4 is 5.32 Å². The van der Waals surface area contributed by atoms with Crippen molar-refractivity contribution in [1.82, 2.24) is 0 Å². The van der Waals surface area contributed by atoms with Crippen molar-refractivity contribution in [2.24, 2.45) is 0 Å². The summed E-state index contributed by atoms with van der Waals surface area (Å²) in [5.74, 6) is -1.90. The quantitative estimate of drug-likeness (QED) is 0.891. The van der Waals surface area contributed by atoms with Crippen LogP contribution in [0.3, 0.4) is 0 Å². The fourth-order valence-electron chi connectivity index (χ4n) is 1.74. The molecule has 104 valence electrons. The molecule has 0 heterocycles. The summed E-state index contributed by atoms with van der Waals surface area (Å²) in [4.78, 5) is 11.8. The number of hydrogen-bond donors (Lipinski definition) is 1. The van der Waals surface area contributed by atoms with Crippen LogP contribution in [0.4, 0.5) is 14.5 Å². The van der Waals surface area contributed by atoms with Crippen molar-refractivity contribution in [1.29, 1.82) is 0 Å². The first-order chi connectivity index (χ1) is 9.47. The highest BCUT2D eigenvalue weighted by atomic mass is 79.9. The number of carbonyl (C=O) groups excluding carboxylic acids is 1. The summed E-state index contributed by atoms with van der Waals surface area (Å²) in [6, 6.07) is 8.84. The van der Waals surface area contributed by atoms with Crippen molar-refractivity contribution in [3.8, 4) is 0 Å². The Morgan fingerprint density at radius 2 is 1.85 bits per heavy atom. The minimum atomic E-state index is -0.717.